The summed E-state index contributed by atoms with van der Waals surface area (Å²) in [6, 6.07) is 15.5. The molecule has 0 bridgehead atoms. The van der Waals surface area contributed by atoms with Crippen molar-refractivity contribution >= 4 is 33.3 Å². The summed E-state index contributed by atoms with van der Waals surface area (Å²) < 4.78 is 0. The number of allylic oxidation sites excluding steroid dienone is 1. The van der Waals surface area contributed by atoms with E-state index >= 15 is 0 Å². The third kappa shape index (κ3) is 2.49. The second-order valence-corrected chi connectivity index (χ2v) is 7.50. The molecule has 0 aliphatic carbocycles. The van der Waals surface area contributed by atoms with Crippen LogP contribution in [-0.2, 0) is 0 Å². The van der Waals surface area contributed by atoms with Gasteiger partial charge in [-0.05, 0) is 11.5 Å². The molecule has 1 saturated heterocycles. The van der Waals surface area contributed by atoms with Crippen LogP contribution in [0.2, 0.25) is 5.15 Å². The van der Waals surface area contributed by atoms with Crippen molar-refractivity contribution in [3.63, 3.8) is 0 Å². The average Bonchev–Trinajstić information content (AvgIpc) is 3.23. The lowest BCUT2D eigenvalue weighted by atomic mass is 9.86. The molecule has 2 aliphatic rings. The molecule has 3 N–H and O–H groups in total. The maximum atomic E-state index is 12.0. The molecule has 5 rings (SSSR count). The minimum Gasteiger partial charge on any atom is -0.384 e. The number of fused-ring (bicyclic) bond motifs is 4. The number of hydrogen-bond acceptors (Lipinski definition) is 7. The first-order valence-electron chi connectivity index (χ1n) is 9.29. The minimum absolute atomic E-state index is 0.0954. The van der Waals surface area contributed by atoms with Gasteiger partial charge in [-0.3, -0.25) is 10.1 Å². The topological polar surface area (TPSA) is 121 Å². The number of nitrogens with two attached hydrogens (primary N) is 1. The van der Waals surface area contributed by atoms with Crippen molar-refractivity contribution in [2.75, 3.05) is 13.1 Å². The van der Waals surface area contributed by atoms with Crippen molar-refractivity contribution in [2.24, 2.45) is 5.73 Å². The van der Waals surface area contributed by atoms with Gasteiger partial charge in [-0.15, -0.1) is 0 Å². The first kappa shape index (κ1) is 18.2. The maximum Gasteiger partial charge on any atom is 0.299 e. The number of nitrogens with zero attached hydrogens (tertiary/aromatic N) is 4. The van der Waals surface area contributed by atoms with Gasteiger partial charge < -0.3 is 16.0 Å². The Bertz CT molecular complexity index is 1360. The van der Waals surface area contributed by atoms with E-state index in [1.807, 2.05) is 36.4 Å². The zero-order valence-corrected chi connectivity index (χ0v) is 16.3. The van der Waals surface area contributed by atoms with Crippen LogP contribution < -0.4 is 11.1 Å². The lowest BCUT2D eigenvalue weighted by Crippen LogP contribution is -2.36. The molecule has 2 aromatic carbocycles. The van der Waals surface area contributed by atoms with Gasteiger partial charge in [0.15, 0.2) is 5.82 Å². The highest BCUT2D eigenvalue weighted by Gasteiger charge is 2.45. The second kappa shape index (κ2) is 6.61. The van der Waals surface area contributed by atoms with E-state index < -0.39 is 10.8 Å². The molecule has 0 radical (unpaired) electrons. The molecule has 0 amide bonds. The SMILES string of the molecule is N#CC1=C(N)N2CCNC2=C([N+](=O)[O-])C1c1cc2ccc3ccccc3c2nc1Cl. The van der Waals surface area contributed by atoms with Crippen LogP contribution in [0.5, 0.6) is 0 Å². The van der Waals surface area contributed by atoms with Crippen LogP contribution in [0.25, 0.3) is 21.7 Å². The monoisotopic (exact) mass is 418 g/mol. The van der Waals surface area contributed by atoms with E-state index in [4.69, 9.17) is 17.3 Å². The number of hydrogen-bond donors (Lipinski definition) is 2. The van der Waals surface area contributed by atoms with Crippen LogP contribution in [0.3, 0.4) is 0 Å². The predicted octanol–water partition coefficient (Wildman–Crippen LogP) is 3.18. The van der Waals surface area contributed by atoms with Crippen LogP contribution in [0.4, 0.5) is 0 Å². The summed E-state index contributed by atoms with van der Waals surface area (Å²) in [5.41, 5.74) is 7.25. The Labute approximate surface area is 176 Å². The van der Waals surface area contributed by atoms with Gasteiger partial charge in [0, 0.05) is 29.4 Å². The number of nitrogens with one attached hydrogen (secondary N) is 1. The Balaban J connectivity index is 1.80. The number of benzene rings is 2. The lowest BCUT2D eigenvalue weighted by Gasteiger charge is -2.29. The molecule has 1 fully saturated rings. The number of pyridine rings is 1. The molecule has 2 aliphatic heterocycles. The Morgan fingerprint density at radius 3 is 2.83 bits per heavy atom. The number of aromatic nitrogens is 1. The number of halogens is 1. The summed E-state index contributed by atoms with van der Waals surface area (Å²) in [6.45, 7) is 0.945. The van der Waals surface area contributed by atoms with Gasteiger partial charge in [0.2, 0.25) is 0 Å². The van der Waals surface area contributed by atoms with Crippen LogP contribution >= 0.6 is 11.6 Å². The molecule has 8 nitrogen and oxygen atoms in total. The van der Waals surface area contributed by atoms with Crippen LogP contribution in [-0.4, -0.2) is 27.9 Å². The number of nitriles is 1. The third-order valence-electron chi connectivity index (χ3n) is 5.59. The van der Waals surface area contributed by atoms with E-state index in [0.29, 0.717) is 30.0 Å². The molecule has 30 heavy (non-hydrogen) atoms. The quantitative estimate of drug-likeness (QED) is 0.283. The largest absolute Gasteiger partial charge is 0.384 e. The highest BCUT2D eigenvalue weighted by Crippen LogP contribution is 2.43. The Morgan fingerprint density at radius 2 is 2.07 bits per heavy atom. The zero-order valence-electron chi connectivity index (χ0n) is 15.6. The highest BCUT2D eigenvalue weighted by atomic mass is 35.5. The standard InChI is InChI=1S/C21H15ClN6O2/c22-19-14(9-12-6-5-11-3-1-2-4-13(11)17(12)26-19)16-15(10-23)20(24)27-8-7-25-21(27)18(16)28(29)30/h1-6,9,16,25H,7-8,24H2. The predicted molar refractivity (Wildman–Crippen MR) is 113 cm³/mol. The van der Waals surface area contributed by atoms with Gasteiger partial charge in [0.05, 0.1) is 22.1 Å². The normalized spacial score (nSPS) is 18.5. The fourth-order valence-electron chi connectivity index (χ4n) is 4.25. The molecule has 1 atom stereocenters. The molecule has 9 heteroatoms. The summed E-state index contributed by atoms with van der Waals surface area (Å²) >= 11 is 6.56. The third-order valence-corrected chi connectivity index (χ3v) is 5.89. The van der Waals surface area contributed by atoms with Gasteiger partial charge in [0.1, 0.15) is 16.9 Å². The lowest BCUT2D eigenvalue weighted by molar-refractivity contribution is -0.432. The Kier molecular flexibility index (Phi) is 4.01. The Morgan fingerprint density at radius 1 is 1.30 bits per heavy atom. The average molecular weight is 419 g/mol. The van der Waals surface area contributed by atoms with E-state index in [-0.39, 0.29) is 22.2 Å². The van der Waals surface area contributed by atoms with Crippen LogP contribution in [0.15, 0.2) is 65.4 Å². The van der Waals surface area contributed by atoms with Crippen LogP contribution in [0.1, 0.15) is 11.5 Å². The van der Waals surface area contributed by atoms with E-state index in [0.717, 1.165) is 16.2 Å². The molecular formula is C21H15ClN6O2. The van der Waals surface area contributed by atoms with E-state index in [1.165, 1.54) is 0 Å². The summed E-state index contributed by atoms with van der Waals surface area (Å²) in [6.07, 6.45) is 0. The zero-order chi connectivity index (χ0) is 21.0. The fraction of sp³-hybridized carbons (Fsp3) is 0.143. The molecule has 1 aromatic heterocycles. The van der Waals surface area contributed by atoms with Crippen molar-refractivity contribution in [1.29, 1.82) is 5.26 Å². The summed E-state index contributed by atoms with van der Waals surface area (Å²) in [5.74, 6) is -0.517. The van der Waals surface area contributed by atoms with Crippen molar-refractivity contribution in [1.82, 2.24) is 15.2 Å². The second-order valence-electron chi connectivity index (χ2n) is 7.14. The summed E-state index contributed by atoms with van der Waals surface area (Å²) in [4.78, 5) is 17.7. The van der Waals surface area contributed by atoms with E-state index in [2.05, 4.69) is 16.4 Å². The van der Waals surface area contributed by atoms with Gasteiger partial charge >= 0.3 is 0 Å². The molecule has 3 heterocycles. The first-order chi connectivity index (χ1) is 14.5. The van der Waals surface area contributed by atoms with E-state index in [9.17, 15) is 15.4 Å². The smallest absolute Gasteiger partial charge is 0.299 e. The molecule has 3 aromatic rings. The number of rotatable bonds is 2. The maximum absolute atomic E-state index is 12.0. The van der Waals surface area contributed by atoms with Crippen molar-refractivity contribution in [2.45, 2.75) is 5.92 Å². The van der Waals surface area contributed by atoms with Gasteiger partial charge in [-0.1, -0.05) is 48.0 Å². The summed E-state index contributed by atoms with van der Waals surface area (Å²) in [5, 5.41) is 27.7. The van der Waals surface area contributed by atoms with Gasteiger partial charge in [0.25, 0.3) is 5.70 Å². The molecule has 0 saturated carbocycles. The van der Waals surface area contributed by atoms with Crippen molar-refractivity contribution in [3.8, 4) is 6.07 Å². The highest BCUT2D eigenvalue weighted by molar-refractivity contribution is 6.31. The number of nitro groups is 1. The molecule has 0 spiro atoms. The Hall–Kier alpha value is -3.83. The van der Waals surface area contributed by atoms with Crippen LogP contribution in [0, 0.1) is 21.4 Å². The van der Waals surface area contributed by atoms with E-state index in [1.54, 1.807) is 11.0 Å². The van der Waals surface area contributed by atoms with Crippen molar-refractivity contribution in [3.05, 3.63) is 86.2 Å². The fourth-order valence-corrected chi connectivity index (χ4v) is 4.50. The van der Waals surface area contributed by atoms with Gasteiger partial charge in [-0.25, -0.2) is 4.98 Å². The molecular weight excluding hydrogens is 404 g/mol. The van der Waals surface area contributed by atoms with Gasteiger partial charge in [-0.2, -0.15) is 5.26 Å². The molecule has 1 unspecified atom stereocenters. The first-order valence-corrected chi connectivity index (χ1v) is 9.66. The minimum atomic E-state index is -1.02. The molecule has 148 valence electrons. The summed E-state index contributed by atoms with van der Waals surface area (Å²) in [7, 11) is 0. The van der Waals surface area contributed by atoms with Crippen molar-refractivity contribution < 1.29 is 4.92 Å².